The molecule has 2 atom stereocenters. The molecule has 1 N–H and O–H groups in total. The summed E-state index contributed by atoms with van der Waals surface area (Å²) in [6.07, 6.45) is 1.09. The summed E-state index contributed by atoms with van der Waals surface area (Å²) in [4.78, 5) is 0. The van der Waals surface area contributed by atoms with Crippen molar-refractivity contribution in [3.8, 4) is 5.75 Å². The highest BCUT2D eigenvalue weighted by atomic mass is 16.3. The van der Waals surface area contributed by atoms with Gasteiger partial charge in [0.05, 0.1) is 0 Å². The summed E-state index contributed by atoms with van der Waals surface area (Å²) in [6, 6.07) is 5.93. The predicted octanol–water partition coefficient (Wildman–Crippen LogP) is 4.74. The number of rotatable bonds is 0. The molecule has 18 heavy (non-hydrogen) atoms. The average molecular weight is 246 g/mol. The fourth-order valence-electron chi connectivity index (χ4n) is 3.52. The second kappa shape index (κ2) is 4.01. The van der Waals surface area contributed by atoms with Gasteiger partial charge in [-0.2, -0.15) is 0 Å². The Kier molecular flexibility index (Phi) is 3.00. The van der Waals surface area contributed by atoms with Crippen LogP contribution in [0.5, 0.6) is 5.75 Å². The quantitative estimate of drug-likeness (QED) is 0.701. The van der Waals surface area contributed by atoms with Crippen LogP contribution in [0.1, 0.15) is 58.6 Å². The first-order valence-corrected chi connectivity index (χ1v) is 6.92. The van der Waals surface area contributed by atoms with E-state index in [0.29, 0.717) is 23.0 Å². The third-order valence-electron chi connectivity index (χ3n) is 4.35. The van der Waals surface area contributed by atoms with Gasteiger partial charge < -0.3 is 5.11 Å². The normalized spacial score (nSPS) is 24.1. The lowest BCUT2D eigenvalue weighted by atomic mass is 9.65. The van der Waals surface area contributed by atoms with Crippen LogP contribution in [0, 0.1) is 16.7 Å². The largest absolute Gasteiger partial charge is 0.508 e. The van der Waals surface area contributed by atoms with E-state index in [1.807, 2.05) is 12.1 Å². The molecule has 0 aliphatic heterocycles. The van der Waals surface area contributed by atoms with Crippen LogP contribution in [0.15, 0.2) is 18.2 Å². The van der Waals surface area contributed by atoms with Gasteiger partial charge in [0.25, 0.3) is 0 Å². The first-order valence-electron chi connectivity index (χ1n) is 6.92. The van der Waals surface area contributed by atoms with Gasteiger partial charge in [-0.3, -0.25) is 0 Å². The van der Waals surface area contributed by atoms with E-state index >= 15 is 0 Å². The molecule has 1 aromatic rings. The van der Waals surface area contributed by atoms with Crippen LogP contribution >= 0.6 is 0 Å². The van der Waals surface area contributed by atoms with Crippen molar-refractivity contribution in [3.63, 3.8) is 0 Å². The average Bonchev–Trinajstić information content (AvgIpc) is 2.54. The molecule has 0 aromatic heterocycles. The van der Waals surface area contributed by atoms with Gasteiger partial charge in [-0.1, -0.05) is 47.6 Å². The molecule has 2 rings (SSSR count). The Morgan fingerprint density at radius 1 is 1.00 bits per heavy atom. The van der Waals surface area contributed by atoms with Gasteiger partial charge in [0, 0.05) is 0 Å². The Morgan fingerprint density at radius 2 is 1.61 bits per heavy atom. The van der Waals surface area contributed by atoms with Gasteiger partial charge in [-0.15, -0.1) is 0 Å². The van der Waals surface area contributed by atoms with E-state index in [1.165, 1.54) is 11.1 Å². The zero-order valence-electron chi connectivity index (χ0n) is 12.5. The molecule has 1 aliphatic rings. The second-order valence-electron chi connectivity index (χ2n) is 7.90. The van der Waals surface area contributed by atoms with Crippen molar-refractivity contribution in [3.05, 3.63) is 29.3 Å². The zero-order chi connectivity index (χ0) is 13.7. The number of hydrogen-bond donors (Lipinski definition) is 1. The monoisotopic (exact) mass is 246 g/mol. The Morgan fingerprint density at radius 3 is 2.11 bits per heavy atom. The van der Waals surface area contributed by atoms with Crippen LogP contribution in [0.25, 0.3) is 0 Å². The fourth-order valence-corrected chi connectivity index (χ4v) is 3.52. The molecule has 0 fully saturated rings. The fraction of sp³-hybridized carbons (Fsp3) is 0.647. The molecule has 1 heteroatoms. The number of benzene rings is 1. The highest BCUT2D eigenvalue weighted by molar-refractivity contribution is 5.42. The van der Waals surface area contributed by atoms with Gasteiger partial charge >= 0.3 is 0 Å². The lowest BCUT2D eigenvalue weighted by molar-refractivity contribution is 0.142. The predicted molar refractivity (Wildman–Crippen MR) is 77.0 cm³/mol. The highest BCUT2D eigenvalue weighted by Gasteiger charge is 2.44. The SMILES string of the molecule is CC(C)(C)C1Cc2cc(O)ccc2C1C(C)(C)C. The summed E-state index contributed by atoms with van der Waals surface area (Å²) in [7, 11) is 0. The van der Waals surface area contributed by atoms with Crippen LogP contribution in [0.2, 0.25) is 0 Å². The summed E-state index contributed by atoms with van der Waals surface area (Å²) >= 11 is 0. The van der Waals surface area contributed by atoms with Gasteiger partial charge in [0.1, 0.15) is 5.75 Å². The topological polar surface area (TPSA) is 20.2 Å². The van der Waals surface area contributed by atoms with Crippen LogP contribution in [0.4, 0.5) is 0 Å². The lowest BCUT2D eigenvalue weighted by Crippen LogP contribution is -2.31. The van der Waals surface area contributed by atoms with E-state index in [9.17, 15) is 5.11 Å². The van der Waals surface area contributed by atoms with Crippen molar-refractivity contribution < 1.29 is 5.11 Å². The Bertz CT molecular complexity index is 446. The number of phenols is 1. The standard InChI is InChI=1S/C17H26O/c1-16(2,3)14-10-11-9-12(18)7-8-13(11)15(14)17(4,5)6/h7-9,14-15,18H,10H2,1-6H3. The molecule has 0 heterocycles. The second-order valence-corrected chi connectivity index (χ2v) is 7.90. The first kappa shape index (κ1) is 13.5. The molecule has 100 valence electrons. The summed E-state index contributed by atoms with van der Waals surface area (Å²) in [5.41, 5.74) is 3.35. The highest BCUT2D eigenvalue weighted by Crippen LogP contribution is 2.54. The van der Waals surface area contributed by atoms with E-state index in [2.05, 4.69) is 47.6 Å². The van der Waals surface area contributed by atoms with E-state index < -0.39 is 0 Å². The minimum atomic E-state index is 0.264. The van der Waals surface area contributed by atoms with E-state index in [1.54, 1.807) is 0 Å². The third-order valence-corrected chi connectivity index (χ3v) is 4.35. The van der Waals surface area contributed by atoms with Crippen LogP contribution in [-0.2, 0) is 6.42 Å². The Hall–Kier alpha value is -0.980. The van der Waals surface area contributed by atoms with Crippen molar-refractivity contribution in [2.45, 2.75) is 53.9 Å². The van der Waals surface area contributed by atoms with Crippen molar-refractivity contribution in [1.82, 2.24) is 0 Å². The number of aromatic hydroxyl groups is 1. The third kappa shape index (κ3) is 2.28. The van der Waals surface area contributed by atoms with E-state index in [0.717, 1.165) is 6.42 Å². The minimum absolute atomic E-state index is 0.264. The van der Waals surface area contributed by atoms with Gasteiger partial charge in [0.15, 0.2) is 0 Å². The summed E-state index contributed by atoms with van der Waals surface area (Å²) in [6.45, 7) is 14.0. The van der Waals surface area contributed by atoms with Crippen molar-refractivity contribution in [2.24, 2.45) is 16.7 Å². The molecule has 1 nitrogen and oxygen atoms in total. The molecular weight excluding hydrogens is 220 g/mol. The molecule has 0 saturated heterocycles. The Labute approximate surface area is 111 Å². The van der Waals surface area contributed by atoms with Gasteiger partial charge in [-0.05, 0) is 52.3 Å². The van der Waals surface area contributed by atoms with Gasteiger partial charge in [0.2, 0.25) is 0 Å². The number of hydrogen-bond acceptors (Lipinski definition) is 1. The van der Waals surface area contributed by atoms with Crippen molar-refractivity contribution in [1.29, 1.82) is 0 Å². The molecule has 0 bridgehead atoms. The van der Waals surface area contributed by atoms with Crippen molar-refractivity contribution >= 4 is 0 Å². The molecule has 0 spiro atoms. The molecule has 0 radical (unpaired) electrons. The van der Waals surface area contributed by atoms with E-state index in [4.69, 9.17) is 0 Å². The lowest BCUT2D eigenvalue weighted by Gasteiger charge is -2.40. The molecule has 1 aromatic carbocycles. The molecule has 0 amide bonds. The maximum absolute atomic E-state index is 9.67. The number of phenolic OH excluding ortho intramolecular Hbond substituents is 1. The van der Waals surface area contributed by atoms with Crippen LogP contribution < -0.4 is 0 Å². The van der Waals surface area contributed by atoms with Crippen LogP contribution in [0.3, 0.4) is 0 Å². The minimum Gasteiger partial charge on any atom is -0.508 e. The Balaban J connectivity index is 2.51. The van der Waals surface area contributed by atoms with Gasteiger partial charge in [-0.25, -0.2) is 0 Å². The molecular formula is C17H26O. The van der Waals surface area contributed by atoms with Crippen molar-refractivity contribution in [2.75, 3.05) is 0 Å². The zero-order valence-corrected chi connectivity index (χ0v) is 12.5. The molecule has 0 saturated carbocycles. The number of fused-ring (bicyclic) bond motifs is 1. The summed E-state index contributed by atoms with van der Waals surface area (Å²) in [5.74, 6) is 1.62. The first-order chi connectivity index (χ1) is 8.10. The molecule has 1 aliphatic carbocycles. The molecule has 2 unspecified atom stereocenters. The summed E-state index contributed by atoms with van der Waals surface area (Å²) in [5, 5.41) is 9.67. The smallest absolute Gasteiger partial charge is 0.115 e. The summed E-state index contributed by atoms with van der Waals surface area (Å²) < 4.78 is 0. The maximum Gasteiger partial charge on any atom is 0.115 e. The maximum atomic E-state index is 9.67. The van der Waals surface area contributed by atoms with E-state index in [-0.39, 0.29) is 5.41 Å². The van der Waals surface area contributed by atoms with Crippen LogP contribution in [-0.4, -0.2) is 5.11 Å².